The summed E-state index contributed by atoms with van der Waals surface area (Å²) in [7, 11) is 4.58. The molecule has 2 aliphatic heterocycles. The number of piperidine rings is 1. The summed E-state index contributed by atoms with van der Waals surface area (Å²) in [6, 6.07) is 0. The molecule has 3 nitrogen and oxygen atoms in total. The SMILES string of the molecule is CCCC1(CN(C)CC2CCN(C)CC2)CCCN1. The summed E-state index contributed by atoms with van der Waals surface area (Å²) in [5.41, 5.74) is 0.426. The topological polar surface area (TPSA) is 18.5 Å². The maximum absolute atomic E-state index is 3.80. The fraction of sp³-hybridized carbons (Fsp3) is 1.00. The Morgan fingerprint density at radius 3 is 2.63 bits per heavy atom. The third-order valence-electron chi connectivity index (χ3n) is 5.04. The molecule has 2 heterocycles. The second-order valence-electron chi connectivity index (χ2n) is 7.00. The summed E-state index contributed by atoms with van der Waals surface area (Å²) in [5, 5.41) is 3.80. The van der Waals surface area contributed by atoms with Gasteiger partial charge >= 0.3 is 0 Å². The van der Waals surface area contributed by atoms with Crippen molar-refractivity contribution in [3.63, 3.8) is 0 Å². The zero-order chi connectivity index (χ0) is 13.7. The van der Waals surface area contributed by atoms with E-state index in [2.05, 4.69) is 36.1 Å². The monoisotopic (exact) mass is 267 g/mol. The van der Waals surface area contributed by atoms with E-state index in [1.807, 2.05) is 0 Å². The summed E-state index contributed by atoms with van der Waals surface area (Å²) >= 11 is 0. The first-order valence-corrected chi connectivity index (χ1v) is 8.26. The van der Waals surface area contributed by atoms with Gasteiger partial charge in [-0.1, -0.05) is 13.3 Å². The molecule has 0 aliphatic carbocycles. The highest BCUT2D eigenvalue weighted by Gasteiger charge is 2.33. The van der Waals surface area contributed by atoms with E-state index in [0.29, 0.717) is 5.54 Å². The Kier molecular flexibility index (Phi) is 5.67. The summed E-state index contributed by atoms with van der Waals surface area (Å²) in [6.07, 6.45) is 8.14. The van der Waals surface area contributed by atoms with Gasteiger partial charge in [-0.25, -0.2) is 0 Å². The van der Waals surface area contributed by atoms with Gasteiger partial charge in [-0.2, -0.15) is 0 Å². The molecule has 2 aliphatic rings. The van der Waals surface area contributed by atoms with Crippen LogP contribution in [-0.2, 0) is 0 Å². The molecule has 1 N–H and O–H groups in total. The van der Waals surface area contributed by atoms with E-state index in [4.69, 9.17) is 0 Å². The van der Waals surface area contributed by atoms with Crippen molar-refractivity contribution >= 4 is 0 Å². The molecule has 3 heteroatoms. The van der Waals surface area contributed by atoms with Crippen molar-refractivity contribution in [1.29, 1.82) is 0 Å². The van der Waals surface area contributed by atoms with Crippen molar-refractivity contribution in [3.05, 3.63) is 0 Å². The fourth-order valence-electron chi connectivity index (χ4n) is 4.04. The van der Waals surface area contributed by atoms with E-state index in [1.165, 1.54) is 71.2 Å². The largest absolute Gasteiger partial charge is 0.310 e. The van der Waals surface area contributed by atoms with E-state index < -0.39 is 0 Å². The number of hydrogen-bond donors (Lipinski definition) is 1. The maximum atomic E-state index is 3.80. The summed E-state index contributed by atoms with van der Waals surface area (Å²) in [5.74, 6) is 0.918. The van der Waals surface area contributed by atoms with Gasteiger partial charge in [-0.3, -0.25) is 0 Å². The van der Waals surface area contributed by atoms with Crippen molar-refractivity contribution < 1.29 is 0 Å². The van der Waals surface area contributed by atoms with E-state index in [1.54, 1.807) is 0 Å². The minimum atomic E-state index is 0.426. The second kappa shape index (κ2) is 7.05. The smallest absolute Gasteiger partial charge is 0.0309 e. The Labute approximate surface area is 119 Å². The van der Waals surface area contributed by atoms with Crippen molar-refractivity contribution in [1.82, 2.24) is 15.1 Å². The summed E-state index contributed by atoms with van der Waals surface area (Å²) in [6.45, 7) is 8.66. The maximum Gasteiger partial charge on any atom is 0.0309 e. The van der Waals surface area contributed by atoms with Gasteiger partial charge in [0.05, 0.1) is 0 Å². The van der Waals surface area contributed by atoms with Crippen LogP contribution < -0.4 is 5.32 Å². The van der Waals surface area contributed by atoms with Gasteiger partial charge in [0.1, 0.15) is 0 Å². The first-order valence-electron chi connectivity index (χ1n) is 8.26. The molecular formula is C16H33N3. The van der Waals surface area contributed by atoms with E-state index >= 15 is 0 Å². The van der Waals surface area contributed by atoms with Crippen molar-refractivity contribution in [2.24, 2.45) is 5.92 Å². The van der Waals surface area contributed by atoms with E-state index in [0.717, 1.165) is 5.92 Å². The van der Waals surface area contributed by atoms with E-state index in [-0.39, 0.29) is 0 Å². The Morgan fingerprint density at radius 1 is 1.32 bits per heavy atom. The van der Waals surface area contributed by atoms with Crippen molar-refractivity contribution in [3.8, 4) is 0 Å². The molecule has 0 saturated carbocycles. The van der Waals surface area contributed by atoms with Crippen LogP contribution in [0.5, 0.6) is 0 Å². The van der Waals surface area contributed by atoms with Crippen LogP contribution in [0.2, 0.25) is 0 Å². The highest BCUT2D eigenvalue weighted by molar-refractivity contribution is 4.95. The second-order valence-corrected chi connectivity index (χ2v) is 7.00. The quantitative estimate of drug-likeness (QED) is 0.796. The van der Waals surface area contributed by atoms with Gasteiger partial charge in [0.15, 0.2) is 0 Å². The molecule has 2 saturated heterocycles. The Hall–Kier alpha value is -0.120. The number of likely N-dealkylation sites (tertiary alicyclic amines) is 1. The lowest BCUT2D eigenvalue weighted by Crippen LogP contribution is -2.50. The van der Waals surface area contributed by atoms with Crippen LogP contribution in [0.4, 0.5) is 0 Å². The van der Waals surface area contributed by atoms with Gasteiger partial charge in [0.2, 0.25) is 0 Å². The van der Waals surface area contributed by atoms with Crippen LogP contribution in [0, 0.1) is 5.92 Å². The van der Waals surface area contributed by atoms with Crippen molar-refractivity contribution in [2.75, 3.05) is 46.8 Å². The molecule has 0 amide bonds. The molecule has 112 valence electrons. The Bertz CT molecular complexity index is 253. The van der Waals surface area contributed by atoms with Gasteiger partial charge in [0, 0.05) is 18.6 Å². The lowest BCUT2D eigenvalue weighted by molar-refractivity contribution is 0.148. The van der Waals surface area contributed by atoms with Crippen molar-refractivity contribution in [2.45, 2.75) is 51.0 Å². The first-order chi connectivity index (χ1) is 9.13. The predicted octanol–water partition coefficient (Wildman–Crippen LogP) is 2.18. The standard InChI is InChI=1S/C16H33N3/c1-4-8-16(9-5-10-17-16)14-19(3)13-15-6-11-18(2)12-7-15/h15,17H,4-14H2,1-3H3. The average molecular weight is 267 g/mol. The van der Waals surface area contributed by atoms with Gasteiger partial charge in [-0.15, -0.1) is 0 Å². The molecule has 1 atom stereocenters. The molecule has 0 bridgehead atoms. The fourth-order valence-corrected chi connectivity index (χ4v) is 4.04. The third-order valence-corrected chi connectivity index (χ3v) is 5.04. The number of rotatable bonds is 6. The minimum absolute atomic E-state index is 0.426. The summed E-state index contributed by atoms with van der Waals surface area (Å²) < 4.78 is 0. The molecule has 2 rings (SSSR count). The minimum Gasteiger partial charge on any atom is -0.310 e. The summed E-state index contributed by atoms with van der Waals surface area (Å²) in [4.78, 5) is 5.07. The molecule has 19 heavy (non-hydrogen) atoms. The molecule has 0 radical (unpaired) electrons. The number of nitrogens with zero attached hydrogens (tertiary/aromatic N) is 2. The molecule has 0 spiro atoms. The molecular weight excluding hydrogens is 234 g/mol. The molecule has 2 fully saturated rings. The lowest BCUT2D eigenvalue weighted by atomic mass is 9.90. The Balaban J connectivity index is 1.77. The third kappa shape index (κ3) is 4.44. The zero-order valence-corrected chi connectivity index (χ0v) is 13.2. The highest BCUT2D eigenvalue weighted by atomic mass is 15.2. The van der Waals surface area contributed by atoms with Crippen LogP contribution in [0.15, 0.2) is 0 Å². The number of likely N-dealkylation sites (N-methyl/N-ethyl adjacent to an activating group) is 1. The molecule has 0 aromatic carbocycles. The van der Waals surface area contributed by atoms with Crippen LogP contribution in [0.3, 0.4) is 0 Å². The average Bonchev–Trinajstić information content (AvgIpc) is 2.81. The van der Waals surface area contributed by atoms with Gasteiger partial charge in [-0.05, 0) is 71.8 Å². The molecule has 1 unspecified atom stereocenters. The normalized spacial score (nSPS) is 30.3. The molecule has 0 aromatic rings. The van der Waals surface area contributed by atoms with Gasteiger partial charge < -0.3 is 15.1 Å². The van der Waals surface area contributed by atoms with Gasteiger partial charge in [0.25, 0.3) is 0 Å². The molecule has 0 aromatic heterocycles. The zero-order valence-electron chi connectivity index (χ0n) is 13.2. The predicted molar refractivity (Wildman–Crippen MR) is 82.6 cm³/mol. The van der Waals surface area contributed by atoms with E-state index in [9.17, 15) is 0 Å². The lowest BCUT2D eigenvalue weighted by Gasteiger charge is -2.37. The van der Waals surface area contributed by atoms with Crippen LogP contribution in [0.25, 0.3) is 0 Å². The van der Waals surface area contributed by atoms with Crippen LogP contribution >= 0.6 is 0 Å². The number of nitrogens with one attached hydrogen (secondary N) is 1. The Morgan fingerprint density at radius 2 is 2.05 bits per heavy atom. The highest BCUT2D eigenvalue weighted by Crippen LogP contribution is 2.26. The van der Waals surface area contributed by atoms with Crippen LogP contribution in [-0.4, -0.2) is 62.2 Å². The number of hydrogen-bond acceptors (Lipinski definition) is 3. The van der Waals surface area contributed by atoms with Crippen LogP contribution in [0.1, 0.15) is 45.4 Å². The first kappa shape index (κ1) is 15.3.